The predicted octanol–water partition coefficient (Wildman–Crippen LogP) is 2.36. The molecule has 0 saturated heterocycles. The van der Waals surface area contributed by atoms with Crippen LogP contribution >= 0.6 is 0 Å². The number of halogens is 1. The zero-order valence-corrected chi connectivity index (χ0v) is 7.74. The lowest BCUT2D eigenvalue weighted by atomic mass is 10.2. The minimum absolute atomic E-state index is 0.0344. The molecule has 1 aromatic rings. The number of hydrogen-bond donors (Lipinski definition) is 1. The summed E-state index contributed by atoms with van der Waals surface area (Å²) in [7, 11) is 0. The van der Waals surface area contributed by atoms with E-state index in [1.54, 1.807) is 25.1 Å². The largest absolute Gasteiger partial charge is 0.374 e. The molecule has 0 aliphatic heterocycles. The van der Waals surface area contributed by atoms with E-state index in [1.807, 2.05) is 0 Å². The van der Waals surface area contributed by atoms with Crippen molar-refractivity contribution in [2.75, 3.05) is 12.0 Å². The van der Waals surface area contributed by atoms with Crippen LogP contribution in [0.4, 0.5) is 15.8 Å². The van der Waals surface area contributed by atoms with Gasteiger partial charge in [-0.3, -0.25) is 10.1 Å². The van der Waals surface area contributed by atoms with Crippen molar-refractivity contribution >= 4 is 11.4 Å². The third-order valence-electron chi connectivity index (χ3n) is 1.73. The Balaban J connectivity index is 2.90. The number of nitrogens with zero attached hydrogens (tertiary/aromatic N) is 1. The fourth-order valence-electron chi connectivity index (χ4n) is 1.06. The number of rotatable bonds is 4. The average molecular weight is 198 g/mol. The molecule has 76 valence electrons. The van der Waals surface area contributed by atoms with Crippen LogP contribution in [0.5, 0.6) is 0 Å². The van der Waals surface area contributed by atoms with Gasteiger partial charge >= 0.3 is 0 Å². The molecule has 0 spiro atoms. The van der Waals surface area contributed by atoms with E-state index < -0.39 is 17.6 Å². The lowest BCUT2D eigenvalue weighted by Gasteiger charge is -2.10. The summed E-state index contributed by atoms with van der Waals surface area (Å²) in [6.07, 6.45) is 0. The first-order chi connectivity index (χ1) is 6.65. The van der Waals surface area contributed by atoms with Gasteiger partial charge in [0, 0.05) is 6.07 Å². The van der Waals surface area contributed by atoms with Crippen LogP contribution in [0.3, 0.4) is 0 Å². The normalized spacial score (nSPS) is 12.1. The Morgan fingerprint density at radius 2 is 2.21 bits per heavy atom. The van der Waals surface area contributed by atoms with Gasteiger partial charge in [-0.1, -0.05) is 12.1 Å². The second-order valence-corrected chi connectivity index (χ2v) is 2.97. The Labute approximate surface area is 80.9 Å². The van der Waals surface area contributed by atoms with E-state index in [4.69, 9.17) is 0 Å². The molecule has 4 nitrogen and oxygen atoms in total. The maximum absolute atomic E-state index is 12.2. The van der Waals surface area contributed by atoms with Gasteiger partial charge in [-0.2, -0.15) is 0 Å². The zero-order valence-electron chi connectivity index (χ0n) is 7.74. The quantitative estimate of drug-likeness (QED) is 0.596. The number of nitrogens with one attached hydrogen (secondary N) is 1. The van der Waals surface area contributed by atoms with Gasteiger partial charge in [-0.05, 0) is 13.0 Å². The first-order valence-corrected chi connectivity index (χ1v) is 4.21. The van der Waals surface area contributed by atoms with Gasteiger partial charge in [-0.25, -0.2) is 4.39 Å². The Kier molecular flexibility index (Phi) is 3.39. The van der Waals surface area contributed by atoms with Crippen molar-refractivity contribution in [2.24, 2.45) is 0 Å². The molecule has 0 radical (unpaired) electrons. The summed E-state index contributed by atoms with van der Waals surface area (Å²) in [5.41, 5.74) is 0.315. The van der Waals surface area contributed by atoms with Gasteiger partial charge in [0.25, 0.3) is 5.69 Å². The van der Waals surface area contributed by atoms with Gasteiger partial charge in [0.15, 0.2) is 0 Å². The summed E-state index contributed by atoms with van der Waals surface area (Å²) < 4.78 is 12.2. The van der Waals surface area contributed by atoms with E-state index in [1.165, 1.54) is 6.07 Å². The minimum atomic E-state index is -0.563. The van der Waals surface area contributed by atoms with Gasteiger partial charge < -0.3 is 5.32 Å². The summed E-state index contributed by atoms with van der Waals surface area (Å²) in [6, 6.07) is 5.76. The second kappa shape index (κ2) is 4.55. The molecule has 0 aliphatic carbocycles. The van der Waals surface area contributed by atoms with Gasteiger partial charge in [0.2, 0.25) is 0 Å². The van der Waals surface area contributed by atoms with Crippen LogP contribution < -0.4 is 5.32 Å². The summed E-state index contributed by atoms with van der Waals surface area (Å²) in [5, 5.41) is 13.3. The highest BCUT2D eigenvalue weighted by atomic mass is 19.1. The van der Waals surface area contributed by atoms with E-state index in [0.29, 0.717) is 5.69 Å². The van der Waals surface area contributed by atoms with Crippen molar-refractivity contribution in [3.8, 4) is 0 Å². The molecule has 0 aliphatic rings. The second-order valence-electron chi connectivity index (χ2n) is 2.97. The Bertz CT molecular complexity index is 330. The molecule has 0 bridgehead atoms. The molecule has 1 atom stereocenters. The molecule has 0 saturated carbocycles. The third-order valence-corrected chi connectivity index (χ3v) is 1.73. The molecule has 5 heteroatoms. The topological polar surface area (TPSA) is 55.2 Å². The van der Waals surface area contributed by atoms with E-state index >= 15 is 0 Å². The number of para-hydroxylation sites is 2. The fraction of sp³-hybridized carbons (Fsp3) is 0.333. The summed E-state index contributed by atoms with van der Waals surface area (Å²) >= 11 is 0. The molecule has 1 unspecified atom stereocenters. The Morgan fingerprint density at radius 3 is 2.79 bits per heavy atom. The fourth-order valence-corrected chi connectivity index (χ4v) is 1.06. The highest BCUT2D eigenvalue weighted by molar-refractivity contribution is 5.61. The van der Waals surface area contributed by atoms with E-state index in [-0.39, 0.29) is 5.69 Å². The molecule has 1 N–H and O–H groups in total. The maximum atomic E-state index is 12.2. The average Bonchev–Trinajstić information content (AvgIpc) is 2.18. The van der Waals surface area contributed by atoms with Crippen LogP contribution in [-0.4, -0.2) is 17.6 Å². The van der Waals surface area contributed by atoms with Crippen molar-refractivity contribution < 1.29 is 9.31 Å². The van der Waals surface area contributed by atoms with Crippen LogP contribution in [-0.2, 0) is 0 Å². The SMILES string of the molecule is CC(CF)Nc1ccccc1[N+](=O)[O-]. The van der Waals surface area contributed by atoms with Gasteiger partial charge in [-0.15, -0.1) is 0 Å². The number of nitro groups is 1. The molecule has 14 heavy (non-hydrogen) atoms. The van der Waals surface area contributed by atoms with Crippen molar-refractivity contribution in [1.82, 2.24) is 0 Å². The minimum Gasteiger partial charge on any atom is -0.374 e. The third kappa shape index (κ3) is 2.42. The van der Waals surface area contributed by atoms with Crippen molar-refractivity contribution in [3.05, 3.63) is 34.4 Å². The predicted molar refractivity (Wildman–Crippen MR) is 52.2 cm³/mol. The molecular formula is C9H11FN2O2. The van der Waals surface area contributed by atoms with E-state index in [0.717, 1.165) is 0 Å². The highest BCUT2D eigenvalue weighted by Gasteiger charge is 2.13. The maximum Gasteiger partial charge on any atom is 0.292 e. The molecule has 1 aromatic carbocycles. The van der Waals surface area contributed by atoms with Crippen molar-refractivity contribution in [2.45, 2.75) is 13.0 Å². The monoisotopic (exact) mass is 198 g/mol. The molecule has 0 heterocycles. The summed E-state index contributed by atoms with van der Waals surface area (Å²) in [6.45, 7) is 1.06. The first kappa shape index (κ1) is 10.4. The highest BCUT2D eigenvalue weighted by Crippen LogP contribution is 2.23. The van der Waals surface area contributed by atoms with Crippen LogP contribution in [0.2, 0.25) is 0 Å². The lowest BCUT2D eigenvalue weighted by molar-refractivity contribution is -0.384. The Morgan fingerprint density at radius 1 is 1.57 bits per heavy atom. The lowest BCUT2D eigenvalue weighted by Crippen LogP contribution is -2.17. The zero-order chi connectivity index (χ0) is 10.6. The number of benzene rings is 1. The molecular weight excluding hydrogens is 187 g/mol. The number of hydrogen-bond acceptors (Lipinski definition) is 3. The van der Waals surface area contributed by atoms with E-state index in [9.17, 15) is 14.5 Å². The summed E-state index contributed by atoms with van der Waals surface area (Å²) in [5.74, 6) is 0. The Hall–Kier alpha value is -1.65. The van der Waals surface area contributed by atoms with Crippen LogP contribution in [0.25, 0.3) is 0 Å². The van der Waals surface area contributed by atoms with E-state index in [2.05, 4.69) is 5.32 Å². The number of anilines is 1. The molecule has 0 amide bonds. The number of nitro benzene ring substituents is 1. The number of alkyl halides is 1. The van der Waals surface area contributed by atoms with Gasteiger partial charge in [0.05, 0.1) is 11.0 Å². The first-order valence-electron chi connectivity index (χ1n) is 4.21. The van der Waals surface area contributed by atoms with Crippen LogP contribution in [0, 0.1) is 10.1 Å². The van der Waals surface area contributed by atoms with Crippen LogP contribution in [0.15, 0.2) is 24.3 Å². The smallest absolute Gasteiger partial charge is 0.292 e. The van der Waals surface area contributed by atoms with Crippen LogP contribution in [0.1, 0.15) is 6.92 Å². The molecule has 1 rings (SSSR count). The van der Waals surface area contributed by atoms with Gasteiger partial charge in [0.1, 0.15) is 12.4 Å². The van der Waals surface area contributed by atoms with Crippen molar-refractivity contribution in [3.63, 3.8) is 0 Å². The van der Waals surface area contributed by atoms with Crippen molar-refractivity contribution in [1.29, 1.82) is 0 Å². The molecule has 0 fully saturated rings. The molecule has 0 aromatic heterocycles. The summed E-state index contributed by atoms with van der Waals surface area (Å²) in [4.78, 5) is 10.1. The standard InChI is InChI=1S/C9H11FN2O2/c1-7(6-10)11-8-4-2-3-5-9(8)12(13)14/h2-5,7,11H,6H2,1H3.